The maximum atomic E-state index is 12.8. The normalized spacial score (nSPS) is 13.9. The zero-order valence-corrected chi connectivity index (χ0v) is 15.4. The van der Waals surface area contributed by atoms with Crippen LogP contribution in [0, 0.1) is 6.92 Å². The lowest BCUT2D eigenvalue weighted by Gasteiger charge is -2.14. The van der Waals surface area contributed by atoms with Gasteiger partial charge in [-0.3, -0.25) is 9.89 Å². The maximum Gasteiger partial charge on any atom is 0.338 e. The summed E-state index contributed by atoms with van der Waals surface area (Å²) in [6.07, 6.45) is 1.83. The minimum atomic E-state index is -0.381. The van der Waals surface area contributed by atoms with Crippen LogP contribution in [0.3, 0.4) is 0 Å². The molecule has 0 spiro atoms. The lowest BCUT2D eigenvalue weighted by molar-refractivity contribution is 0.0472. The average molecular weight is 367 g/mol. The number of carbonyl (C=O) groups excluding carboxylic acids is 1. The van der Waals surface area contributed by atoms with Crippen molar-refractivity contribution in [1.29, 1.82) is 0 Å². The number of nitrogens with zero attached hydrogens (tertiary/aromatic N) is 3. The smallest absolute Gasteiger partial charge is 0.338 e. The number of aromatic nitrogens is 4. The summed E-state index contributed by atoms with van der Waals surface area (Å²) in [6, 6.07) is 6.66. The van der Waals surface area contributed by atoms with Crippen LogP contribution in [0.4, 0.5) is 11.6 Å². The van der Waals surface area contributed by atoms with Gasteiger partial charge in [0.15, 0.2) is 11.6 Å². The molecule has 2 N–H and O–H groups in total. The first-order valence-corrected chi connectivity index (χ1v) is 8.99. The van der Waals surface area contributed by atoms with Crippen molar-refractivity contribution in [2.24, 2.45) is 0 Å². The summed E-state index contributed by atoms with van der Waals surface area (Å²) < 4.78 is 6.79. The van der Waals surface area contributed by atoms with Gasteiger partial charge in [-0.05, 0) is 51.8 Å². The summed E-state index contributed by atoms with van der Waals surface area (Å²) >= 11 is 0. The molecule has 27 heavy (non-hydrogen) atoms. The van der Waals surface area contributed by atoms with Crippen molar-refractivity contribution in [2.45, 2.75) is 45.8 Å². The van der Waals surface area contributed by atoms with E-state index in [0.717, 1.165) is 18.5 Å². The van der Waals surface area contributed by atoms with E-state index < -0.39 is 0 Å². The summed E-state index contributed by atoms with van der Waals surface area (Å²) in [5.41, 5.74) is 1.10. The Labute approximate surface area is 155 Å². The van der Waals surface area contributed by atoms with Gasteiger partial charge in [-0.15, -0.1) is 0 Å². The Hall–Kier alpha value is -3.16. The molecule has 8 heteroatoms. The molecule has 1 aliphatic carbocycles. The molecule has 0 bridgehead atoms. The van der Waals surface area contributed by atoms with Crippen molar-refractivity contribution in [1.82, 2.24) is 20.0 Å². The number of H-pyrrole nitrogens is 1. The maximum absolute atomic E-state index is 12.8. The minimum Gasteiger partial charge on any atom is -0.459 e. The predicted octanol–water partition coefficient (Wildman–Crippen LogP) is 3.07. The van der Waals surface area contributed by atoms with Gasteiger partial charge in [0.25, 0.3) is 5.56 Å². The second kappa shape index (κ2) is 6.53. The largest absolute Gasteiger partial charge is 0.459 e. The summed E-state index contributed by atoms with van der Waals surface area (Å²) in [5, 5.41) is 15.7. The van der Waals surface area contributed by atoms with Crippen LogP contribution in [0.15, 0.2) is 29.1 Å². The quantitative estimate of drug-likeness (QED) is 0.672. The van der Waals surface area contributed by atoms with Crippen molar-refractivity contribution < 1.29 is 9.53 Å². The number of benzene rings is 1. The first-order valence-electron chi connectivity index (χ1n) is 8.99. The van der Waals surface area contributed by atoms with E-state index in [2.05, 4.69) is 20.6 Å². The van der Waals surface area contributed by atoms with Gasteiger partial charge >= 0.3 is 5.97 Å². The molecule has 0 radical (unpaired) electrons. The lowest BCUT2D eigenvalue weighted by Crippen LogP contribution is -2.26. The van der Waals surface area contributed by atoms with E-state index in [9.17, 15) is 9.59 Å². The van der Waals surface area contributed by atoms with E-state index in [1.807, 2.05) is 26.8 Å². The highest BCUT2D eigenvalue weighted by atomic mass is 16.5. The number of hydrogen-bond acceptors (Lipinski definition) is 6. The summed E-state index contributed by atoms with van der Waals surface area (Å²) in [7, 11) is 0. The number of aromatic amines is 1. The van der Waals surface area contributed by atoms with Crippen molar-refractivity contribution in [3.63, 3.8) is 0 Å². The monoisotopic (exact) mass is 367 g/mol. The second-order valence-corrected chi connectivity index (χ2v) is 7.12. The van der Waals surface area contributed by atoms with Crippen molar-refractivity contribution >= 4 is 28.4 Å². The Kier molecular flexibility index (Phi) is 4.18. The molecular formula is C19H21N5O3. The molecule has 1 aromatic carbocycles. The Balaban J connectivity index is 1.84. The zero-order valence-electron chi connectivity index (χ0n) is 15.4. The number of esters is 1. The first kappa shape index (κ1) is 17.3. The van der Waals surface area contributed by atoms with Gasteiger partial charge in [-0.2, -0.15) is 10.2 Å². The zero-order chi connectivity index (χ0) is 19.1. The van der Waals surface area contributed by atoms with Gasteiger partial charge in [-0.1, -0.05) is 0 Å². The predicted molar refractivity (Wildman–Crippen MR) is 101 cm³/mol. The fourth-order valence-electron chi connectivity index (χ4n) is 2.84. The highest BCUT2D eigenvalue weighted by Crippen LogP contribution is 2.27. The molecule has 4 rings (SSSR count). The van der Waals surface area contributed by atoms with Crippen molar-refractivity contribution in [3.8, 4) is 0 Å². The van der Waals surface area contributed by atoms with E-state index in [0.29, 0.717) is 28.0 Å². The Bertz CT molecular complexity index is 1080. The molecular weight excluding hydrogens is 346 g/mol. The van der Waals surface area contributed by atoms with Gasteiger partial charge in [0.05, 0.1) is 17.0 Å². The number of fused-ring (bicyclic) bond motifs is 1. The molecule has 0 atom stereocenters. The number of anilines is 2. The van der Waals surface area contributed by atoms with Crippen molar-refractivity contribution in [2.75, 3.05) is 5.32 Å². The van der Waals surface area contributed by atoms with Crippen molar-refractivity contribution in [3.05, 3.63) is 45.9 Å². The number of ether oxygens (including phenoxy) is 1. The molecule has 1 aliphatic rings. The van der Waals surface area contributed by atoms with Gasteiger partial charge in [0.2, 0.25) is 0 Å². The second-order valence-electron chi connectivity index (χ2n) is 7.12. The Morgan fingerprint density at radius 2 is 2.07 bits per heavy atom. The first-order chi connectivity index (χ1) is 12.9. The summed E-state index contributed by atoms with van der Waals surface area (Å²) in [5.74, 6) is 0.668. The van der Waals surface area contributed by atoms with Gasteiger partial charge in [0.1, 0.15) is 6.10 Å². The number of carbonyl (C=O) groups is 1. The third-order valence-electron chi connectivity index (χ3n) is 4.40. The van der Waals surface area contributed by atoms with Crippen LogP contribution in [0.25, 0.3) is 10.8 Å². The third kappa shape index (κ3) is 3.42. The molecule has 1 saturated carbocycles. The van der Waals surface area contributed by atoms with Gasteiger partial charge in [0, 0.05) is 17.1 Å². The molecule has 0 aliphatic heterocycles. The van der Waals surface area contributed by atoms with E-state index in [-0.39, 0.29) is 23.7 Å². The van der Waals surface area contributed by atoms with E-state index in [1.54, 1.807) is 18.2 Å². The van der Waals surface area contributed by atoms with Gasteiger partial charge in [-0.25, -0.2) is 9.48 Å². The number of aryl methyl sites for hydroxylation is 1. The number of nitrogens with one attached hydrogen (secondary N) is 2. The standard InChI is InChI=1S/C19H21N5O3/c1-10(2)24-18(25)14-7-4-12(19(26)27-13-5-6-13)9-15(14)17(23-24)20-16-8-11(3)21-22-16/h4,7-10,13H,5-6H2,1-3H3,(H2,20,21,22,23). The molecule has 140 valence electrons. The lowest BCUT2D eigenvalue weighted by atomic mass is 10.1. The van der Waals surface area contributed by atoms with E-state index >= 15 is 0 Å². The average Bonchev–Trinajstić information content (AvgIpc) is 3.36. The fraction of sp³-hybridized carbons (Fsp3) is 0.368. The van der Waals surface area contributed by atoms with Crippen LogP contribution in [0.2, 0.25) is 0 Å². The third-order valence-corrected chi connectivity index (χ3v) is 4.40. The molecule has 2 heterocycles. The molecule has 0 amide bonds. The number of rotatable bonds is 5. The van der Waals surface area contributed by atoms with Crippen LogP contribution in [-0.2, 0) is 4.74 Å². The summed E-state index contributed by atoms with van der Waals surface area (Å²) in [4.78, 5) is 25.1. The topological polar surface area (TPSA) is 102 Å². The molecule has 0 unspecified atom stereocenters. The van der Waals surface area contributed by atoms with E-state index in [4.69, 9.17) is 4.74 Å². The minimum absolute atomic E-state index is 0.0184. The Morgan fingerprint density at radius 1 is 1.30 bits per heavy atom. The summed E-state index contributed by atoms with van der Waals surface area (Å²) in [6.45, 7) is 5.68. The highest BCUT2D eigenvalue weighted by molar-refractivity contribution is 5.99. The van der Waals surface area contributed by atoms with Crippen LogP contribution in [-0.4, -0.2) is 32.1 Å². The SMILES string of the molecule is Cc1cc(Nc2nn(C(C)C)c(=O)c3ccc(C(=O)OC4CC4)cc23)n[nH]1. The Morgan fingerprint density at radius 3 is 2.70 bits per heavy atom. The van der Waals surface area contributed by atoms with Crippen LogP contribution in [0.1, 0.15) is 48.8 Å². The van der Waals surface area contributed by atoms with Crippen LogP contribution in [0.5, 0.6) is 0 Å². The molecule has 0 saturated heterocycles. The molecule has 2 aromatic heterocycles. The van der Waals surface area contributed by atoms with Gasteiger partial charge < -0.3 is 10.1 Å². The van der Waals surface area contributed by atoms with Crippen LogP contribution < -0.4 is 10.9 Å². The number of hydrogen-bond donors (Lipinski definition) is 2. The fourth-order valence-corrected chi connectivity index (χ4v) is 2.84. The van der Waals surface area contributed by atoms with E-state index in [1.165, 1.54) is 4.68 Å². The van der Waals surface area contributed by atoms with Crippen LogP contribution >= 0.6 is 0 Å². The molecule has 8 nitrogen and oxygen atoms in total. The molecule has 3 aromatic rings. The molecule has 1 fully saturated rings. The highest BCUT2D eigenvalue weighted by Gasteiger charge is 2.27.